The van der Waals surface area contributed by atoms with E-state index < -0.39 is 0 Å². The third kappa shape index (κ3) is 2.21. The van der Waals surface area contributed by atoms with Gasteiger partial charge in [0.1, 0.15) is 11.3 Å². The number of aromatic amines is 2. The van der Waals surface area contributed by atoms with Gasteiger partial charge in [-0.15, -0.1) is 0 Å². The van der Waals surface area contributed by atoms with E-state index in [0.717, 1.165) is 32.8 Å². The maximum Gasteiger partial charge on any atom is 0.272 e. The van der Waals surface area contributed by atoms with Crippen molar-refractivity contribution >= 4 is 38.5 Å². The highest BCUT2D eigenvalue weighted by molar-refractivity contribution is 6.20. The molecule has 0 aliphatic carbocycles. The van der Waals surface area contributed by atoms with Crippen molar-refractivity contribution in [3.05, 3.63) is 71.2 Å². The Morgan fingerprint density at radius 1 is 1.00 bits per heavy atom. The molecule has 5 aromatic rings. The highest BCUT2D eigenvalue weighted by Crippen LogP contribution is 2.33. The smallest absolute Gasteiger partial charge is 0.272 e. The molecular weight excluding hydrogens is 328 g/mol. The number of fused-ring (bicyclic) bond motifs is 5. The van der Waals surface area contributed by atoms with E-state index in [9.17, 15) is 4.79 Å². The lowest BCUT2D eigenvalue weighted by Crippen LogP contribution is -2.04. The van der Waals surface area contributed by atoms with Crippen molar-refractivity contribution in [3.8, 4) is 0 Å². The number of hydrogen-bond acceptors (Lipinski definition) is 5. The lowest BCUT2D eigenvalue weighted by atomic mass is 10.1. The number of hydrogen-bond donors (Lipinski definition) is 3. The molecule has 126 valence electrons. The fraction of sp³-hybridized carbons (Fsp3) is 0.0526. The Labute approximate surface area is 147 Å². The van der Waals surface area contributed by atoms with E-state index in [1.165, 1.54) is 0 Å². The molecule has 0 radical (unpaired) electrons. The zero-order chi connectivity index (χ0) is 17.5. The maximum absolute atomic E-state index is 12.2. The van der Waals surface area contributed by atoms with Crippen molar-refractivity contribution in [1.29, 1.82) is 0 Å². The van der Waals surface area contributed by atoms with Crippen molar-refractivity contribution < 1.29 is 0 Å². The molecule has 7 nitrogen and oxygen atoms in total. The fourth-order valence-electron chi connectivity index (χ4n) is 3.26. The second-order valence-corrected chi connectivity index (χ2v) is 6.04. The summed E-state index contributed by atoms with van der Waals surface area (Å²) in [6.07, 6.45) is 8.65. The van der Waals surface area contributed by atoms with E-state index in [2.05, 4.69) is 25.3 Å². The molecule has 0 saturated heterocycles. The molecule has 0 aliphatic rings. The molecule has 0 amide bonds. The zero-order valence-corrected chi connectivity index (χ0v) is 13.7. The van der Waals surface area contributed by atoms with Gasteiger partial charge in [-0.05, 0) is 23.8 Å². The maximum atomic E-state index is 12.2. The number of aromatic nitrogens is 5. The van der Waals surface area contributed by atoms with Crippen LogP contribution in [-0.4, -0.2) is 24.9 Å². The van der Waals surface area contributed by atoms with Crippen LogP contribution >= 0.6 is 0 Å². The summed E-state index contributed by atoms with van der Waals surface area (Å²) in [6, 6.07) is 7.69. The lowest BCUT2D eigenvalue weighted by molar-refractivity contribution is 1.10. The van der Waals surface area contributed by atoms with Crippen LogP contribution in [0.3, 0.4) is 0 Å². The first-order valence-electron chi connectivity index (χ1n) is 8.21. The van der Waals surface area contributed by atoms with E-state index >= 15 is 0 Å². The first kappa shape index (κ1) is 14.6. The highest BCUT2D eigenvalue weighted by Gasteiger charge is 2.15. The first-order chi connectivity index (χ1) is 12.8. The Kier molecular flexibility index (Phi) is 3.18. The van der Waals surface area contributed by atoms with Crippen LogP contribution in [0, 0.1) is 0 Å². The summed E-state index contributed by atoms with van der Waals surface area (Å²) in [5.74, 6) is 0.709. The van der Waals surface area contributed by atoms with Gasteiger partial charge in [0.25, 0.3) is 5.56 Å². The summed E-state index contributed by atoms with van der Waals surface area (Å²) in [7, 11) is 0. The van der Waals surface area contributed by atoms with Gasteiger partial charge in [-0.25, -0.2) is 4.98 Å². The third-order valence-corrected chi connectivity index (χ3v) is 4.45. The van der Waals surface area contributed by atoms with Crippen LogP contribution in [0.4, 0.5) is 5.82 Å². The number of nitrogens with one attached hydrogen (secondary N) is 3. The summed E-state index contributed by atoms with van der Waals surface area (Å²) in [6.45, 7) is 0.581. The molecule has 3 N–H and O–H groups in total. The van der Waals surface area contributed by atoms with Crippen molar-refractivity contribution in [2.45, 2.75) is 6.54 Å². The van der Waals surface area contributed by atoms with Gasteiger partial charge in [0.15, 0.2) is 0 Å². The largest absolute Gasteiger partial charge is 0.365 e. The SMILES string of the molecule is O=c1[nH]ccc2c1[nH]c1c3ccncc3nc(NCc3cccnc3)c21. The summed E-state index contributed by atoms with van der Waals surface area (Å²) >= 11 is 0. The molecule has 0 aromatic carbocycles. The molecule has 5 aromatic heterocycles. The summed E-state index contributed by atoms with van der Waals surface area (Å²) in [5, 5.41) is 6.04. The van der Waals surface area contributed by atoms with Crippen LogP contribution < -0.4 is 10.9 Å². The van der Waals surface area contributed by atoms with Crippen LogP contribution in [0.2, 0.25) is 0 Å². The number of rotatable bonds is 3. The Bertz CT molecular complexity index is 1310. The summed E-state index contributed by atoms with van der Waals surface area (Å²) in [4.78, 5) is 31.3. The van der Waals surface area contributed by atoms with Gasteiger partial charge < -0.3 is 15.3 Å². The van der Waals surface area contributed by atoms with Crippen molar-refractivity contribution in [2.24, 2.45) is 0 Å². The molecule has 0 bridgehead atoms. The van der Waals surface area contributed by atoms with Crippen LogP contribution in [0.25, 0.3) is 32.7 Å². The van der Waals surface area contributed by atoms with Crippen LogP contribution in [0.1, 0.15) is 5.56 Å². The normalized spacial score (nSPS) is 11.4. The van der Waals surface area contributed by atoms with Gasteiger partial charge in [-0.1, -0.05) is 6.07 Å². The average Bonchev–Trinajstić information content (AvgIpc) is 3.09. The lowest BCUT2D eigenvalue weighted by Gasteiger charge is -2.09. The molecule has 0 spiro atoms. The van der Waals surface area contributed by atoms with Gasteiger partial charge in [0.2, 0.25) is 0 Å². The van der Waals surface area contributed by atoms with E-state index in [1.54, 1.807) is 24.8 Å². The second kappa shape index (κ2) is 5.66. The Balaban J connectivity index is 1.78. The third-order valence-electron chi connectivity index (χ3n) is 4.45. The number of nitrogens with zero attached hydrogens (tertiary/aromatic N) is 3. The molecule has 0 atom stereocenters. The molecule has 7 heteroatoms. The van der Waals surface area contributed by atoms with E-state index in [-0.39, 0.29) is 5.56 Å². The second-order valence-electron chi connectivity index (χ2n) is 6.04. The molecule has 5 rings (SSSR count). The minimum Gasteiger partial charge on any atom is -0.365 e. The van der Waals surface area contributed by atoms with Crippen molar-refractivity contribution in [3.63, 3.8) is 0 Å². The van der Waals surface area contributed by atoms with E-state index in [1.807, 2.05) is 30.5 Å². The number of H-pyrrole nitrogens is 2. The minimum absolute atomic E-state index is 0.154. The Morgan fingerprint density at radius 3 is 2.81 bits per heavy atom. The van der Waals surface area contributed by atoms with Crippen molar-refractivity contribution in [2.75, 3.05) is 5.32 Å². The molecule has 5 heterocycles. The number of pyridine rings is 4. The van der Waals surface area contributed by atoms with E-state index in [0.29, 0.717) is 17.9 Å². The van der Waals surface area contributed by atoms with Gasteiger partial charge >= 0.3 is 0 Å². The van der Waals surface area contributed by atoms with Crippen LogP contribution in [0.15, 0.2) is 60.0 Å². The Hall–Kier alpha value is -3.74. The van der Waals surface area contributed by atoms with Gasteiger partial charge in [-0.3, -0.25) is 14.8 Å². The highest BCUT2D eigenvalue weighted by atomic mass is 16.1. The summed E-state index contributed by atoms with van der Waals surface area (Å²) in [5.41, 5.74) is 3.07. The molecule has 0 aliphatic heterocycles. The minimum atomic E-state index is -0.154. The molecule has 26 heavy (non-hydrogen) atoms. The molecule has 0 saturated carbocycles. The standard InChI is InChI=1S/C19H14N6O/c26-19-17-13(4-7-22-19)15-16(25-17)12-3-6-21-10-14(12)24-18(15)23-9-11-2-1-5-20-8-11/h1-8,10,25H,9H2,(H,22,26)(H,23,24). The van der Waals surface area contributed by atoms with Crippen LogP contribution in [0.5, 0.6) is 0 Å². The molecular formula is C19H14N6O. The van der Waals surface area contributed by atoms with Gasteiger partial charge in [0.05, 0.1) is 22.6 Å². The van der Waals surface area contributed by atoms with Crippen LogP contribution in [-0.2, 0) is 6.54 Å². The predicted octanol–water partition coefficient (Wildman–Crippen LogP) is 2.96. The monoisotopic (exact) mass is 342 g/mol. The first-order valence-corrected chi connectivity index (χ1v) is 8.21. The van der Waals surface area contributed by atoms with E-state index in [4.69, 9.17) is 4.98 Å². The predicted molar refractivity (Wildman–Crippen MR) is 101 cm³/mol. The fourth-order valence-corrected chi connectivity index (χ4v) is 3.26. The molecule has 0 fully saturated rings. The van der Waals surface area contributed by atoms with Gasteiger partial charge in [-0.2, -0.15) is 0 Å². The summed E-state index contributed by atoms with van der Waals surface area (Å²) < 4.78 is 0. The topological polar surface area (TPSA) is 99.4 Å². The number of anilines is 1. The Morgan fingerprint density at radius 2 is 1.92 bits per heavy atom. The van der Waals surface area contributed by atoms with Crippen molar-refractivity contribution in [1.82, 2.24) is 24.9 Å². The van der Waals surface area contributed by atoms with Gasteiger partial charge in [0, 0.05) is 42.1 Å². The molecule has 0 unspecified atom stereocenters. The quantitative estimate of drug-likeness (QED) is 0.468. The average molecular weight is 342 g/mol. The zero-order valence-electron chi connectivity index (χ0n) is 13.7.